The Morgan fingerprint density at radius 3 is 2.79 bits per heavy atom. The molecule has 1 heterocycles. The van der Waals surface area contributed by atoms with Crippen LogP contribution in [-0.4, -0.2) is 31.4 Å². The molecule has 0 aromatic heterocycles. The van der Waals surface area contributed by atoms with Crippen molar-refractivity contribution in [3.8, 4) is 0 Å². The molecule has 0 saturated carbocycles. The molecule has 0 atom stereocenters. The minimum absolute atomic E-state index is 0.0104. The Hall–Kier alpha value is -2.04. The van der Waals surface area contributed by atoms with Crippen LogP contribution < -0.4 is 15.5 Å². The van der Waals surface area contributed by atoms with E-state index in [1.54, 1.807) is 0 Å². The molecule has 2 rings (SSSR count). The van der Waals surface area contributed by atoms with E-state index in [4.69, 9.17) is 0 Å². The highest BCUT2D eigenvalue weighted by Crippen LogP contribution is 2.26. The number of hydrogen-bond acceptors (Lipinski definition) is 3. The van der Waals surface area contributed by atoms with E-state index in [9.17, 15) is 9.59 Å². The van der Waals surface area contributed by atoms with Crippen molar-refractivity contribution >= 4 is 23.2 Å². The maximum absolute atomic E-state index is 11.8. The number of benzene rings is 1. The van der Waals surface area contributed by atoms with Gasteiger partial charge in [-0.2, -0.15) is 0 Å². The summed E-state index contributed by atoms with van der Waals surface area (Å²) < 4.78 is 0. The standard InChI is InChI=1S/C14H19N3O2/c1-10(2)14(19)16-11-5-3-4-6-12(11)17-8-7-15-13(18)9-17/h3-6,10H,7-9H2,1-2H3,(H,15,18)(H,16,19). The van der Waals surface area contributed by atoms with Crippen LogP contribution in [0.25, 0.3) is 0 Å². The summed E-state index contributed by atoms with van der Waals surface area (Å²) in [5.74, 6) is -0.0807. The topological polar surface area (TPSA) is 61.4 Å². The molecule has 5 nitrogen and oxygen atoms in total. The second kappa shape index (κ2) is 5.73. The molecule has 1 aliphatic rings. The number of carbonyl (C=O) groups excluding carboxylic acids is 2. The van der Waals surface area contributed by atoms with Gasteiger partial charge in [0.1, 0.15) is 0 Å². The Balaban J connectivity index is 2.20. The molecule has 19 heavy (non-hydrogen) atoms. The van der Waals surface area contributed by atoms with Crippen molar-refractivity contribution in [2.75, 3.05) is 29.9 Å². The van der Waals surface area contributed by atoms with Crippen LogP contribution in [-0.2, 0) is 9.59 Å². The molecule has 0 aliphatic carbocycles. The van der Waals surface area contributed by atoms with Crippen LogP contribution in [0.1, 0.15) is 13.8 Å². The minimum Gasteiger partial charge on any atom is -0.359 e. The second-order valence-corrected chi connectivity index (χ2v) is 4.93. The van der Waals surface area contributed by atoms with Crippen molar-refractivity contribution in [3.05, 3.63) is 24.3 Å². The van der Waals surface area contributed by atoms with Gasteiger partial charge in [-0.15, -0.1) is 0 Å². The molecule has 1 saturated heterocycles. The number of nitrogens with zero attached hydrogens (tertiary/aromatic N) is 1. The average molecular weight is 261 g/mol. The zero-order valence-electron chi connectivity index (χ0n) is 11.3. The third-order valence-electron chi connectivity index (χ3n) is 3.07. The maximum atomic E-state index is 11.8. The number of hydrogen-bond donors (Lipinski definition) is 2. The molecule has 0 unspecified atom stereocenters. The molecule has 0 bridgehead atoms. The molecular formula is C14H19N3O2. The highest BCUT2D eigenvalue weighted by atomic mass is 16.2. The maximum Gasteiger partial charge on any atom is 0.239 e. The lowest BCUT2D eigenvalue weighted by atomic mass is 10.1. The number of piperazine rings is 1. The molecule has 5 heteroatoms. The van der Waals surface area contributed by atoms with Crippen LogP contribution in [0.3, 0.4) is 0 Å². The van der Waals surface area contributed by atoms with Gasteiger partial charge in [0.2, 0.25) is 11.8 Å². The van der Waals surface area contributed by atoms with Crippen LogP contribution in [0, 0.1) is 5.92 Å². The van der Waals surface area contributed by atoms with Gasteiger partial charge in [0.15, 0.2) is 0 Å². The van der Waals surface area contributed by atoms with Gasteiger partial charge in [-0.25, -0.2) is 0 Å². The molecule has 0 radical (unpaired) electrons. The molecule has 102 valence electrons. The first-order valence-corrected chi connectivity index (χ1v) is 6.49. The lowest BCUT2D eigenvalue weighted by molar-refractivity contribution is -0.120. The SMILES string of the molecule is CC(C)C(=O)Nc1ccccc1N1CCNC(=O)C1. The first-order chi connectivity index (χ1) is 9.08. The van der Waals surface area contributed by atoms with E-state index < -0.39 is 0 Å². The van der Waals surface area contributed by atoms with E-state index in [0.29, 0.717) is 13.1 Å². The Bertz CT molecular complexity index is 485. The molecule has 1 fully saturated rings. The van der Waals surface area contributed by atoms with E-state index in [0.717, 1.165) is 17.9 Å². The summed E-state index contributed by atoms with van der Waals surface area (Å²) in [7, 11) is 0. The number of anilines is 2. The molecule has 0 spiro atoms. The lowest BCUT2D eigenvalue weighted by Gasteiger charge is -2.30. The summed E-state index contributed by atoms with van der Waals surface area (Å²) in [6, 6.07) is 7.58. The summed E-state index contributed by atoms with van der Waals surface area (Å²) in [4.78, 5) is 25.2. The Morgan fingerprint density at radius 2 is 2.11 bits per heavy atom. The molecular weight excluding hydrogens is 242 g/mol. The van der Waals surface area contributed by atoms with Crippen LogP contribution >= 0.6 is 0 Å². The van der Waals surface area contributed by atoms with Crippen molar-refractivity contribution in [2.45, 2.75) is 13.8 Å². The van der Waals surface area contributed by atoms with Gasteiger partial charge in [-0.1, -0.05) is 26.0 Å². The number of carbonyl (C=O) groups is 2. The summed E-state index contributed by atoms with van der Waals surface area (Å²) in [6.45, 7) is 5.42. The largest absolute Gasteiger partial charge is 0.359 e. The third kappa shape index (κ3) is 3.24. The number of rotatable bonds is 3. The summed E-state index contributed by atoms with van der Waals surface area (Å²) >= 11 is 0. The molecule has 1 aliphatic heterocycles. The molecule has 2 amide bonds. The van der Waals surface area contributed by atoms with Gasteiger partial charge in [0.25, 0.3) is 0 Å². The smallest absolute Gasteiger partial charge is 0.239 e. The number of para-hydroxylation sites is 2. The highest BCUT2D eigenvalue weighted by Gasteiger charge is 2.19. The molecule has 1 aromatic carbocycles. The van der Waals surface area contributed by atoms with Crippen LogP contribution in [0.2, 0.25) is 0 Å². The minimum atomic E-state index is -0.0716. The zero-order valence-corrected chi connectivity index (χ0v) is 11.3. The van der Waals surface area contributed by atoms with Crippen molar-refractivity contribution in [2.24, 2.45) is 5.92 Å². The summed E-state index contributed by atoms with van der Waals surface area (Å²) in [6.07, 6.45) is 0. The fraction of sp³-hybridized carbons (Fsp3) is 0.429. The van der Waals surface area contributed by atoms with Crippen molar-refractivity contribution in [3.63, 3.8) is 0 Å². The van der Waals surface area contributed by atoms with Gasteiger partial charge >= 0.3 is 0 Å². The van der Waals surface area contributed by atoms with Crippen LogP contribution in [0.15, 0.2) is 24.3 Å². The number of nitrogens with one attached hydrogen (secondary N) is 2. The van der Waals surface area contributed by atoms with E-state index in [2.05, 4.69) is 10.6 Å². The van der Waals surface area contributed by atoms with Gasteiger partial charge in [-0.05, 0) is 12.1 Å². The van der Waals surface area contributed by atoms with Crippen LogP contribution in [0.5, 0.6) is 0 Å². The van der Waals surface area contributed by atoms with Gasteiger partial charge in [-0.3, -0.25) is 9.59 Å². The average Bonchev–Trinajstić information content (AvgIpc) is 2.39. The number of amides is 2. The van der Waals surface area contributed by atoms with Crippen molar-refractivity contribution in [1.29, 1.82) is 0 Å². The lowest BCUT2D eigenvalue weighted by Crippen LogP contribution is -2.48. The third-order valence-corrected chi connectivity index (χ3v) is 3.07. The predicted octanol–water partition coefficient (Wildman–Crippen LogP) is 1.22. The van der Waals surface area contributed by atoms with Gasteiger partial charge < -0.3 is 15.5 Å². The van der Waals surface area contributed by atoms with E-state index in [1.807, 2.05) is 43.0 Å². The van der Waals surface area contributed by atoms with E-state index in [1.165, 1.54) is 0 Å². The Labute approximate surface area is 113 Å². The summed E-state index contributed by atoms with van der Waals surface area (Å²) in [5.41, 5.74) is 1.65. The van der Waals surface area contributed by atoms with Crippen molar-refractivity contribution < 1.29 is 9.59 Å². The van der Waals surface area contributed by atoms with Gasteiger partial charge in [0, 0.05) is 19.0 Å². The molecule has 1 aromatic rings. The first-order valence-electron chi connectivity index (χ1n) is 6.49. The van der Waals surface area contributed by atoms with E-state index in [-0.39, 0.29) is 17.7 Å². The fourth-order valence-corrected chi connectivity index (χ4v) is 1.98. The zero-order chi connectivity index (χ0) is 13.8. The first kappa shape index (κ1) is 13.4. The monoisotopic (exact) mass is 261 g/mol. The molecule has 2 N–H and O–H groups in total. The van der Waals surface area contributed by atoms with E-state index >= 15 is 0 Å². The normalized spacial score (nSPS) is 15.3. The highest BCUT2D eigenvalue weighted by molar-refractivity contribution is 5.96. The van der Waals surface area contributed by atoms with Gasteiger partial charge in [0.05, 0.1) is 17.9 Å². The second-order valence-electron chi connectivity index (χ2n) is 4.93. The predicted molar refractivity (Wildman–Crippen MR) is 75.1 cm³/mol. The van der Waals surface area contributed by atoms with Crippen molar-refractivity contribution in [1.82, 2.24) is 5.32 Å². The van der Waals surface area contributed by atoms with Crippen LogP contribution in [0.4, 0.5) is 11.4 Å². The summed E-state index contributed by atoms with van der Waals surface area (Å²) in [5, 5.41) is 5.70. The quantitative estimate of drug-likeness (QED) is 0.860. The Kier molecular flexibility index (Phi) is 4.04. The fourth-order valence-electron chi connectivity index (χ4n) is 1.98. The Morgan fingerprint density at radius 1 is 1.37 bits per heavy atom.